The molecule has 1 heterocycles. The average molecular weight is 310 g/mol. The molecule has 0 aliphatic carbocycles. The predicted octanol–water partition coefficient (Wildman–Crippen LogP) is 1.85. The molecule has 2 rings (SSSR count). The fraction of sp³-hybridized carbons (Fsp3) is 0.357. The molecule has 0 bridgehead atoms. The number of carbonyl (C=O) groups excluding carboxylic acids is 3. The van der Waals surface area contributed by atoms with Crippen LogP contribution >= 0.6 is 11.6 Å². The Morgan fingerprint density at radius 3 is 2.71 bits per heavy atom. The summed E-state index contributed by atoms with van der Waals surface area (Å²) in [5.41, 5.74) is 0.514. The van der Waals surface area contributed by atoms with Gasteiger partial charge in [0.2, 0.25) is 5.91 Å². The molecule has 112 valence electrons. The number of anilines is 1. The molecule has 2 N–H and O–H groups in total. The van der Waals surface area contributed by atoms with Crippen molar-refractivity contribution in [3.8, 4) is 0 Å². The summed E-state index contributed by atoms with van der Waals surface area (Å²) in [7, 11) is 0. The highest BCUT2D eigenvalue weighted by Crippen LogP contribution is 2.16. The number of rotatable bonds is 4. The highest BCUT2D eigenvalue weighted by molar-refractivity contribution is 6.30. The molecule has 6 nitrogen and oxygen atoms in total. The van der Waals surface area contributed by atoms with Gasteiger partial charge in [0.15, 0.2) is 0 Å². The lowest BCUT2D eigenvalue weighted by Gasteiger charge is -2.14. The van der Waals surface area contributed by atoms with Crippen molar-refractivity contribution in [3.05, 3.63) is 29.3 Å². The highest BCUT2D eigenvalue weighted by Gasteiger charge is 2.40. The van der Waals surface area contributed by atoms with Gasteiger partial charge in [-0.2, -0.15) is 0 Å². The van der Waals surface area contributed by atoms with E-state index in [9.17, 15) is 14.4 Å². The van der Waals surface area contributed by atoms with Crippen LogP contribution in [0.15, 0.2) is 24.3 Å². The maximum Gasteiger partial charge on any atom is 0.325 e. The van der Waals surface area contributed by atoms with Crippen LogP contribution in [0.25, 0.3) is 0 Å². The quantitative estimate of drug-likeness (QED) is 0.833. The van der Waals surface area contributed by atoms with Gasteiger partial charge < -0.3 is 10.6 Å². The summed E-state index contributed by atoms with van der Waals surface area (Å²) in [4.78, 5) is 36.6. The monoisotopic (exact) mass is 309 g/mol. The van der Waals surface area contributed by atoms with Crippen molar-refractivity contribution < 1.29 is 14.4 Å². The Kier molecular flexibility index (Phi) is 4.47. The largest absolute Gasteiger partial charge is 0.326 e. The topological polar surface area (TPSA) is 78.5 Å². The van der Waals surface area contributed by atoms with Crippen LogP contribution in [0.3, 0.4) is 0 Å². The summed E-state index contributed by atoms with van der Waals surface area (Å²) in [6, 6.07) is 5.52. The first-order valence-corrected chi connectivity index (χ1v) is 6.93. The highest BCUT2D eigenvalue weighted by atomic mass is 35.5. The van der Waals surface area contributed by atoms with E-state index in [0.29, 0.717) is 10.7 Å². The number of benzene rings is 1. The Labute approximate surface area is 127 Å². The van der Waals surface area contributed by atoms with Gasteiger partial charge in [0.1, 0.15) is 12.6 Å². The van der Waals surface area contributed by atoms with Gasteiger partial charge in [-0.1, -0.05) is 31.5 Å². The average Bonchev–Trinajstić information content (AvgIpc) is 2.67. The lowest BCUT2D eigenvalue weighted by Crippen LogP contribution is -2.39. The van der Waals surface area contributed by atoms with Gasteiger partial charge in [-0.05, 0) is 24.1 Å². The zero-order chi connectivity index (χ0) is 15.6. The Balaban J connectivity index is 2.00. The molecule has 1 unspecified atom stereocenters. The third kappa shape index (κ3) is 3.52. The number of imide groups is 1. The normalized spacial score (nSPS) is 18.1. The molecule has 1 aromatic rings. The van der Waals surface area contributed by atoms with Crippen LogP contribution in [0.5, 0.6) is 0 Å². The zero-order valence-electron chi connectivity index (χ0n) is 11.7. The number of amides is 4. The Hall–Kier alpha value is -2.08. The van der Waals surface area contributed by atoms with Crippen LogP contribution in [0.2, 0.25) is 5.02 Å². The fourth-order valence-corrected chi connectivity index (χ4v) is 2.24. The second kappa shape index (κ2) is 6.13. The third-order valence-electron chi connectivity index (χ3n) is 3.13. The summed E-state index contributed by atoms with van der Waals surface area (Å²) >= 11 is 5.82. The molecule has 1 atom stereocenters. The summed E-state index contributed by atoms with van der Waals surface area (Å²) < 4.78 is 0. The van der Waals surface area contributed by atoms with Crippen molar-refractivity contribution in [3.63, 3.8) is 0 Å². The van der Waals surface area contributed by atoms with E-state index in [0.717, 1.165) is 4.90 Å². The Bertz CT molecular complexity index is 589. The van der Waals surface area contributed by atoms with Gasteiger partial charge in [-0.3, -0.25) is 14.5 Å². The summed E-state index contributed by atoms with van der Waals surface area (Å²) in [6.07, 6.45) is 0. The third-order valence-corrected chi connectivity index (χ3v) is 3.37. The molecule has 1 aliphatic heterocycles. The molecule has 4 amide bonds. The van der Waals surface area contributed by atoms with E-state index in [-0.39, 0.29) is 18.4 Å². The Morgan fingerprint density at radius 2 is 2.14 bits per heavy atom. The fourth-order valence-electron chi connectivity index (χ4n) is 2.05. The lowest BCUT2D eigenvalue weighted by atomic mass is 10.1. The molecule has 1 aromatic carbocycles. The van der Waals surface area contributed by atoms with Gasteiger partial charge in [-0.15, -0.1) is 0 Å². The Morgan fingerprint density at radius 1 is 1.43 bits per heavy atom. The van der Waals surface area contributed by atoms with Gasteiger partial charge in [-0.25, -0.2) is 4.79 Å². The molecule has 0 radical (unpaired) electrons. The molecular formula is C14H16ClN3O3. The molecule has 1 aliphatic rings. The van der Waals surface area contributed by atoms with Crippen LogP contribution < -0.4 is 10.6 Å². The number of hydrogen-bond donors (Lipinski definition) is 2. The second-order valence-electron chi connectivity index (χ2n) is 5.15. The van der Waals surface area contributed by atoms with Crippen molar-refractivity contribution in [2.24, 2.45) is 5.92 Å². The van der Waals surface area contributed by atoms with Crippen molar-refractivity contribution in [2.45, 2.75) is 19.9 Å². The van der Waals surface area contributed by atoms with Crippen molar-refractivity contribution in [1.29, 1.82) is 0 Å². The van der Waals surface area contributed by atoms with Gasteiger partial charge >= 0.3 is 6.03 Å². The van der Waals surface area contributed by atoms with E-state index < -0.39 is 18.0 Å². The van der Waals surface area contributed by atoms with Gasteiger partial charge in [0.25, 0.3) is 5.91 Å². The first-order chi connectivity index (χ1) is 9.88. The molecule has 0 spiro atoms. The number of halogens is 1. The number of nitrogens with zero attached hydrogens (tertiary/aromatic N) is 1. The summed E-state index contributed by atoms with van der Waals surface area (Å²) in [5.74, 6) is -0.858. The lowest BCUT2D eigenvalue weighted by molar-refractivity contribution is -0.131. The van der Waals surface area contributed by atoms with E-state index >= 15 is 0 Å². The molecule has 1 fully saturated rings. The van der Waals surface area contributed by atoms with Crippen LogP contribution in [-0.2, 0) is 9.59 Å². The minimum Gasteiger partial charge on any atom is -0.326 e. The summed E-state index contributed by atoms with van der Waals surface area (Å²) in [6.45, 7) is 3.34. The van der Waals surface area contributed by atoms with Crippen molar-refractivity contribution in [2.75, 3.05) is 11.9 Å². The minimum absolute atomic E-state index is 0.0255. The van der Waals surface area contributed by atoms with Crippen molar-refractivity contribution in [1.82, 2.24) is 10.2 Å². The molecule has 0 saturated carbocycles. The maximum atomic E-state index is 12.0. The SMILES string of the molecule is CC(C)C1NC(=O)N(CC(=O)Nc2cccc(Cl)c2)C1=O. The number of nitrogens with one attached hydrogen (secondary N) is 2. The second-order valence-corrected chi connectivity index (χ2v) is 5.59. The maximum absolute atomic E-state index is 12.0. The van der Waals surface area contributed by atoms with E-state index in [1.54, 1.807) is 24.3 Å². The molecular weight excluding hydrogens is 294 g/mol. The van der Waals surface area contributed by atoms with Gasteiger partial charge in [0, 0.05) is 10.7 Å². The van der Waals surface area contributed by atoms with E-state index in [1.807, 2.05) is 13.8 Å². The van der Waals surface area contributed by atoms with Crippen LogP contribution in [-0.4, -0.2) is 35.3 Å². The van der Waals surface area contributed by atoms with Crippen LogP contribution in [0.1, 0.15) is 13.8 Å². The first kappa shape index (κ1) is 15.3. The number of hydrogen-bond acceptors (Lipinski definition) is 3. The molecule has 7 heteroatoms. The van der Waals surface area contributed by atoms with Crippen LogP contribution in [0, 0.1) is 5.92 Å². The number of urea groups is 1. The first-order valence-electron chi connectivity index (χ1n) is 6.56. The standard InChI is InChI=1S/C14H16ClN3O3/c1-8(2)12-13(20)18(14(21)17-12)7-11(19)16-10-5-3-4-9(15)6-10/h3-6,8,12H,7H2,1-2H3,(H,16,19)(H,17,21). The molecule has 0 aromatic heterocycles. The van der Waals surface area contributed by atoms with Crippen LogP contribution in [0.4, 0.5) is 10.5 Å². The molecule has 21 heavy (non-hydrogen) atoms. The van der Waals surface area contributed by atoms with E-state index in [2.05, 4.69) is 10.6 Å². The minimum atomic E-state index is -0.573. The number of carbonyl (C=O) groups is 3. The summed E-state index contributed by atoms with van der Waals surface area (Å²) in [5, 5.41) is 5.65. The van der Waals surface area contributed by atoms with E-state index in [1.165, 1.54) is 0 Å². The molecule has 1 saturated heterocycles. The van der Waals surface area contributed by atoms with Crippen molar-refractivity contribution >= 4 is 35.1 Å². The van der Waals surface area contributed by atoms with Gasteiger partial charge in [0.05, 0.1) is 0 Å². The predicted molar refractivity (Wildman–Crippen MR) is 79.0 cm³/mol. The smallest absolute Gasteiger partial charge is 0.325 e. The van der Waals surface area contributed by atoms with E-state index in [4.69, 9.17) is 11.6 Å². The zero-order valence-corrected chi connectivity index (χ0v) is 12.5.